The van der Waals surface area contributed by atoms with Gasteiger partial charge in [0.05, 0.1) is 62.5 Å². The largest absolute Gasteiger partial charge is 0.496 e. The van der Waals surface area contributed by atoms with Gasteiger partial charge in [-0.3, -0.25) is 24.5 Å². The van der Waals surface area contributed by atoms with E-state index in [0.29, 0.717) is 113 Å². The predicted molar refractivity (Wildman–Crippen MR) is 253 cm³/mol. The van der Waals surface area contributed by atoms with Crippen LogP contribution in [0.25, 0.3) is 33.1 Å². The van der Waals surface area contributed by atoms with E-state index in [-0.39, 0.29) is 24.7 Å². The number of carbonyl (C=O) groups excluding carboxylic acids is 4. The van der Waals surface area contributed by atoms with E-state index in [2.05, 4.69) is 37.5 Å². The summed E-state index contributed by atoms with van der Waals surface area (Å²) in [6.07, 6.45) is 3.96. The second kappa shape index (κ2) is 21.8. The summed E-state index contributed by atoms with van der Waals surface area (Å²) < 4.78 is 30.5. The highest BCUT2D eigenvalue weighted by Crippen LogP contribution is 2.43. The molecule has 1 aliphatic heterocycles. The lowest BCUT2D eigenvalue weighted by Gasteiger charge is -2.31. The van der Waals surface area contributed by atoms with Gasteiger partial charge in [0.2, 0.25) is 24.0 Å². The number of anilines is 3. The zero-order valence-electron chi connectivity index (χ0n) is 39.2. The molecule has 0 spiro atoms. The lowest BCUT2D eigenvalue weighted by Crippen LogP contribution is -2.51. The molecule has 20 heteroatoms. The summed E-state index contributed by atoms with van der Waals surface area (Å²) in [7, 11) is 1.63. The molecule has 8 rings (SSSR count). The summed E-state index contributed by atoms with van der Waals surface area (Å²) in [5.41, 5.74) is 7.41. The van der Waals surface area contributed by atoms with Gasteiger partial charge in [-0.25, -0.2) is 14.6 Å². The number of carbonyl (C=O) groups is 4. The normalized spacial score (nSPS) is 14.9. The molecule has 5 heterocycles. The fraction of sp³-hybridized carbons (Fsp3) is 0.458. The average molecular weight is 934 g/mol. The third-order valence-corrected chi connectivity index (χ3v) is 12.2. The molecule has 1 saturated heterocycles. The number of hydrogen-bond donors (Lipinski definition) is 5. The van der Waals surface area contributed by atoms with Crippen molar-refractivity contribution in [1.82, 2.24) is 45.4 Å². The summed E-state index contributed by atoms with van der Waals surface area (Å²) in [6, 6.07) is 11.1. The van der Waals surface area contributed by atoms with Gasteiger partial charge in [-0.15, -0.1) is 0 Å². The molecule has 6 aromatic rings. The highest BCUT2D eigenvalue weighted by Gasteiger charge is 2.32. The van der Waals surface area contributed by atoms with Crippen LogP contribution in [0.3, 0.4) is 0 Å². The molecular weight excluding hydrogens is 875 g/mol. The Balaban J connectivity index is 0.789. The van der Waals surface area contributed by atoms with Gasteiger partial charge < -0.3 is 49.3 Å². The molecule has 68 heavy (non-hydrogen) atoms. The number of piperidine rings is 1. The highest BCUT2D eigenvalue weighted by molar-refractivity contribution is 6.14. The maximum Gasteiger partial charge on any atom is 0.289 e. The minimum absolute atomic E-state index is 0.00893. The maximum atomic E-state index is 13.6. The smallest absolute Gasteiger partial charge is 0.289 e. The number of ether oxygens (including phenoxy) is 4. The van der Waals surface area contributed by atoms with Gasteiger partial charge in [-0.2, -0.15) is 5.10 Å². The molecule has 4 aromatic heterocycles. The number of aromatic nitrogens is 6. The van der Waals surface area contributed by atoms with Crippen LogP contribution in [-0.4, -0.2) is 125 Å². The Morgan fingerprint density at radius 2 is 1.76 bits per heavy atom. The van der Waals surface area contributed by atoms with Crippen LogP contribution in [-0.2, 0) is 41.7 Å². The number of aromatic amines is 1. The third kappa shape index (κ3) is 10.9. The topological polar surface area (TPSA) is 242 Å². The molecule has 0 radical (unpaired) electrons. The lowest BCUT2D eigenvalue weighted by molar-refractivity contribution is -0.141. The van der Waals surface area contributed by atoms with Gasteiger partial charge in [0.25, 0.3) is 5.91 Å². The van der Waals surface area contributed by atoms with Gasteiger partial charge in [-0.1, -0.05) is 17.3 Å². The van der Waals surface area contributed by atoms with Crippen molar-refractivity contribution in [3.63, 3.8) is 0 Å². The standard InChI is InChI=1S/C48H59N11O9/c1-6-59-40(25-36(56-59)31-11-12-31)52-45-43-32-24-39(64-5)33(42-29(3)57-68-30(42)4)23-37(32)51-44(43)54-46(55-45)48(63)50-15-8-17-65-19-21-67-22-20-66-18-16-49-35-10-7-9-28(2)34(35)26-58(27-60)38-13-14-41(61)53-47(38)62/h7,9-10,23-25,27,31,38,49H,6,8,11-22,26H2,1-5H3,(H,50,63)(H,53,61,62)(H2,51,52,54,55). The number of methoxy groups -OCH3 is 1. The molecule has 1 aliphatic carbocycles. The van der Waals surface area contributed by atoms with E-state index in [1.54, 1.807) is 7.11 Å². The molecule has 20 nitrogen and oxygen atoms in total. The van der Waals surface area contributed by atoms with E-state index < -0.39 is 17.9 Å². The van der Waals surface area contributed by atoms with Crippen LogP contribution in [0.2, 0.25) is 0 Å². The monoisotopic (exact) mass is 933 g/mol. The van der Waals surface area contributed by atoms with Crippen molar-refractivity contribution in [1.29, 1.82) is 0 Å². The highest BCUT2D eigenvalue weighted by atomic mass is 16.5. The van der Waals surface area contributed by atoms with E-state index in [0.717, 1.165) is 68.9 Å². The summed E-state index contributed by atoms with van der Waals surface area (Å²) in [5, 5.41) is 22.6. The molecule has 4 amide bonds. The van der Waals surface area contributed by atoms with Gasteiger partial charge in [0.15, 0.2) is 0 Å². The van der Waals surface area contributed by atoms with Gasteiger partial charge >= 0.3 is 0 Å². The number of fused-ring (bicyclic) bond motifs is 3. The minimum atomic E-state index is -0.695. The summed E-state index contributed by atoms with van der Waals surface area (Å²) in [4.78, 5) is 63.9. The van der Waals surface area contributed by atoms with Crippen LogP contribution in [0.1, 0.15) is 83.8 Å². The van der Waals surface area contributed by atoms with Gasteiger partial charge in [0.1, 0.15) is 34.8 Å². The SMILES string of the molecule is CCn1nc(C2CC2)cc1Nc1nc(C(=O)NCCCOCCOCCOCCNc2cccc(C)c2CN(C=O)C2CCC(=O)NC2=O)nc2[nH]c3cc(-c4c(C)noc4C)c(OC)cc3c12. The molecule has 1 unspecified atom stereocenters. The zero-order chi connectivity index (χ0) is 47.7. The number of rotatable bonds is 25. The Hall–Kier alpha value is -6.90. The first-order valence-corrected chi connectivity index (χ1v) is 23.1. The zero-order valence-corrected chi connectivity index (χ0v) is 39.2. The van der Waals surface area contributed by atoms with Crippen molar-refractivity contribution in [2.24, 2.45) is 0 Å². The van der Waals surface area contributed by atoms with Crippen molar-refractivity contribution in [2.45, 2.75) is 84.8 Å². The molecule has 2 aromatic carbocycles. The van der Waals surface area contributed by atoms with Crippen LogP contribution in [0.4, 0.5) is 17.3 Å². The molecule has 360 valence electrons. The van der Waals surface area contributed by atoms with Crippen molar-refractivity contribution >= 4 is 63.4 Å². The third-order valence-electron chi connectivity index (χ3n) is 12.2. The van der Waals surface area contributed by atoms with Crippen LogP contribution >= 0.6 is 0 Å². The van der Waals surface area contributed by atoms with E-state index >= 15 is 0 Å². The summed E-state index contributed by atoms with van der Waals surface area (Å²) in [5.74, 6) is 1.81. The molecule has 0 bridgehead atoms. The fourth-order valence-corrected chi connectivity index (χ4v) is 8.46. The van der Waals surface area contributed by atoms with Crippen LogP contribution in [0, 0.1) is 20.8 Å². The number of benzene rings is 2. The first-order valence-electron chi connectivity index (χ1n) is 23.1. The minimum Gasteiger partial charge on any atom is -0.496 e. The van der Waals surface area contributed by atoms with E-state index in [9.17, 15) is 19.2 Å². The first kappa shape index (κ1) is 47.6. The fourth-order valence-electron chi connectivity index (χ4n) is 8.46. The first-order chi connectivity index (χ1) is 33.1. The van der Waals surface area contributed by atoms with Crippen molar-refractivity contribution in [2.75, 3.05) is 70.5 Å². The Kier molecular flexibility index (Phi) is 15.3. The Morgan fingerprint density at radius 3 is 2.47 bits per heavy atom. The van der Waals surface area contributed by atoms with Crippen LogP contribution < -0.4 is 26.0 Å². The number of amides is 4. The van der Waals surface area contributed by atoms with E-state index in [1.165, 1.54) is 4.90 Å². The Bertz CT molecular complexity index is 2760. The van der Waals surface area contributed by atoms with Crippen molar-refractivity contribution in [3.8, 4) is 16.9 Å². The number of nitrogens with one attached hydrogen (secondary N) is 5. The number of H-pyrrole nitrogens is 1. The van der Waals surface area contributed by atoms with Crippen LogP contribution in [0.5, 0.6) is 5.75 Å². The number of nitrogens with zero attached hydrogens (tertiary/aromatic N) is 6. The van der Waals surface area contributed by atoms with E-state index in [4.69, 9.17) is 38.5 Å². The maximum absolute atomic E-state index is 13.6. The molecular formula is C48H59N11O9. The molecule has 1 atom stereocenters. The second-order valence-corrected chi connectivity index (χ2v) is 16.9. The number of imide groups is 1. The molecule has 2 fully saturated rings. The number of aryl methyl sites for hydroxylation is 4. The van der Waals surface area contributed by atoms with Crippen LogP contribution in [0.15, 0.2) is 40.9 Å². The average Bonchev–Trinajstić information content (AvgIpc) is 3.88. The van der Waals surface area contributed by atoms with Gasteiger partial charge in [0, 0.05) is 73.3 Å². The molecule has 2 aliphatic rings. The van der Waals surface area contributed by atoms with Crippen molar-refractivity contribution < 1.29 is 42.6 Å². The predicted octanol–water partition coefficient (Wildman–Crippen LogP) is 5.58. The Morgan fingerprint density at radius 1 is 0.985 bits per heavy atom. The quantitative estimate of drug-likeness (QED) is 0.0267. The molecule has 1 saturated carbocycles. The summed E-state index contributed by atoms with van der Waals surface area (Å²) >= 11 is 0. The van der Waals surface area contributed by atoms with Gasteiger partial charge in [-0.05, 0) is 82.7 Å². The number of hydrogen-bond acceptors (Lipinski definition) is 15. The molecule has 5 N–H and O–H groups in total. The summed E-state index contributed by atoms with van der Waals surface area (Å²) in [6.45, 7) is 11.9. The second-order valence-electron chi connectivity index (χ2n) is 16.9. The van der Waals surface area contributed by atoms with Crippen molar-refractivity contribution in [3.05, 3.63) is 70.5 Å². The Labute approximate surface area is 393 Å². The van der Waals surface area contributed by atoms with E-state index in [1.807, 2.05) is 62.7 Å². The lowest BCUT2D eigenvalue weighted by atomic mass is 10.0.